The number of fused-ring (bicyclic) bond motifs is 2. The lowest BCUT2D eigenvalue weighted by Gasteiger charge is -2.15. The number of aromatic amines is 2. The molecule has 0 radical (unpaired) electrons. The minimum atomic E-state index is -0.322. The minimum Gasteiger partial charge on any atom is -0.335 e. The minimum absolute atomic E-state index is 0.00916. The maximum atomic E-state index is 14.5. The van der Waals surface area contributed by atoms with Gasteiger partial charge in [-0.15, -0.1) is 0 Å². The average molecular weight is 497 g/mol. The van der Waals surface area contributed by atoms with Crippen molar-refractivity contribution < 1.29 is 9.18 Å². The summed E-state index contributed by atoms with van der Waals surface area (Å²) in [6.45, 7) is 5.31. The molecule has 5 aromatic heterocycles. The number of carbonyl (C=O) groups excluding carboxylic acids is 1. The summed E-state index contributed by atoms with van der Waals surface area (Å²) in [6, 6.07) is 7.42. The zero-order valence-electron chi connectivity index (χ0n) is 20.9. The van der Waals surface area contributed by atoms with Crippen molar-refractivity contribution >= 4 is 39.5 Å². The van der Waals surface area contributed by atoms with Crippen molar-refractivity contribution in [1.82, 2.24) is 35.1 Å². The van der Waals surface area contributed by atoms with Gasteiger partial charge in [0.05, 0.1) is 10.9 Å². The first-order valence-corrected chi connectivity index (χ1v) is 11.8. The molecule has 37 heavy (non-hydrogen) atoms. The van der Waals surface area contributed by atoms with Crippen LogP contribution in [0.2, 0.25) is 0 Å². The summed E-state index contributed by atoms with van der Waals surface area (Å²) < 4.78 is 14.5. The van der Waals surface area contributed by atoms with E-state index in [2.05, 4.69) is 35.1 Å². The number of nitrogens with one attached hydrogen (secondary N) is 2. The van der Waals surface area contributed by atoms with E-state index in [4.69, 9.17) is 0 Å². The van der Waals surface area contributed by atoms with E-state index >= 15 is 0 Å². The molecule has 0 unspecified atom stereocenters. The molecular weight excluding hydrogens is 471 g/mol. The van der Waals surface area contributed by atoms with Gasteiger partial charge in [-0.3, -0.25) is 14.8 Å². The number of allylic oxidation sites excluding steroid dienone is 4. The van der Waals surface area contributed by atoms with Crippen LogP contribution in [-0.2, 0) is 4.79 Å². The number of rotatable bonds is 6. The van der Waals surface area contributed by atoms with Crippen molar-refractivity contribution in [2.45, 2.75) is 27.2 Å². The number of aromatic nitrogens is 7. The maximum absolute atomic E-state index is 14.5. The van der Waals surface area contributed by atoms with E-state index in [-0.39, 0.29) is 11.7 Å². The normalized spacial score (nSPS) is 12.5. The number of hydrogen-bond donors (Lipinski definition) is 2. The van der Waals surface area contributed by atoms with Crippen LogP contribution in [0.1, 0.15) is 32.8 Å². The molecule has 0 aromatic carbocycles. The van der Waals surface area contributed by atoms with Gasteiger partial charge in [0.25, 0.3) is 0 Å². The molecule has 0 saturated carbocycles. The highest BCUT2D eigenvalue weighted by molar-refractivity contribution is 5.95. The number of imidazole rings is 1. The lowest BCUT2D eigenvalue weighted by Crippen LogP contribution is -2.25. The quantitative estimate of drug-likeness (QED) is 0.295. The first kappa shape index (κ1) is 24.0. The molecule has 10 heteroatoms. The lowest BCUT2D eigenvalue weighted by atomic mass is 10.1. The Morgan fingerprint density at radius 2 is 1.92 bits per heavy atom. The molecule has 0 fully saturated rings. The van der Waals surface area contributed by atoms with Crippen LogP contribution in [-0.4, -0.2) is 48.1 Å². The second kappa shape index (κ2) is 9.73. The summed E-state index contributed by atoms with van der Waals surface area (Å²) in [5, 5.41) is 8.09. The lowest BCUT2D eigenvalue weighted by molar-refractivity contribution is -0.118. The van der Waals surface area contributed by atoms with Crippen molar-refractivity contribution in [3.05, 3.63) is 66.4 Å². The fourth-order valence-electron chi connectivity index (χ4n) is 4.10. The standard InChI is InChI=1S/C27H25FN8O/c1-5-7-20(28)15(3)18-10-11-29-26-23(18)32-27(33-26)24-19-12-17(14-31-25(19)35-34-24)16-8-9-21(30-13-16)36(4)22(37)6-2/h5,7-14H,6H2,1-4H3,(H,29,32,33)(H,31,34,35)/b7-5-,20-15-. The van der Waals surface area contributed by atoms with Gasteiger partial charge < -0.3 is 4.98 Å². The summed E-state index contributed by atoms with van der Waals surface area (Å²) >= 11 is 0. The fourth-order valence-corrected chi connectivity index (χ4v) is 4.10. The van der Waals surface area contributed by atoms with Crippen molar-refractivity contribution in [3.63, 3.8) is 0 Å². The Balaban J connectivity index is 1.55. The first-order valence-electron chi connectivity index (χ1n) is 11.8. The number of nitrogens with zero attached hydrogens (tertiary/aromatic N) is 6. The second-order valence-corrected chi connectivity index (χ2v) is 8.52. The van der Waals surface area contributed by atoms with E-state index in [0.29, 0.717) is 51.7 Å². The van der Waals surface area contributed by atoms with Gasteiger partial charge in [0.1, 0.15) is 17.3 Å². The monoisotopic (exact) mass is 496 g/mol. The number of anilines is 1. The average Bonchev–Trinajstić information content (AvgIpc) is 3.55. The van der Waals surface area contributed by atoms with Gasteiger partial charge in [-0.1, -0.05) is 13.0 Å². The van der Waals surface area contributed by atoms with E-state index in [1.54, 1.807) is 57.7 Å². The molecule has 5 aromatic rings. The van der Waals surface area contributed by atoms with E-state index in [1.165, 1.54) is 11.0 Å². The predicted molar refractivity (Wildman–Crippen MR) is 142 cm³/mol. The Hall–Kier alpha value is -4.73. The molecule has 0 spiro atoms. The van der Waals surface area contributed by atoms with Crippen LogP contribution in [0.15, 0.2) is 60.8 Å². The van der Waals surface area contributed by atoms with Crippen LogP contribution in [0.4, 0.5) is 10.2 Å². The van der Waals surface area contributed by atoms with Gasteiger partial charge in [-0.25, -0.2) is 24.3 Å². The van der Waals surface area contributed by atoms with Crippen LogP contribution in [0.5, 0.6) is 0 Å². The molecular formula is C27H25FN8O. The van der Waals surface area contributed by atoms with Crippen molar-refractivity contribution in [2.24, 2.45) is 0 Å². The predicted octanol–water partition coefficient (Wildman–Crippen LogP) is 5.61. The molecule has 5 heterocycles. The van der Waals surface area contributed by atoms with Gasteiger partial charge in [0.2, 0.25) is 5.91 Å². The third-order valence-corrected chi connectivity index (χ3v) is 6.22. The largest absolute Gasteiger partial charge is 0.335 e. The summed E-state index contributed by atoms with van der Waals surface area (Å²) in [4.78, 5) is 34.7. The molecule has 186 valence electrons. The summed E-state index contributed by atoms with van der Waals surface area (Å²) in [5.74, 6) is 0.764. The molecule has 2 N–H and O–H groups in total. The molecule has 0 aliphatic heterocycles. The molecule has 0 aliphatic rings. The summed E-state index contributed by atoms with van der Waals surface area (Å²) in [5.41, 5.74) is 5.12. The number of amides is 1. The highest BCUT2D eigenvalue weighted by atomic mass is 19.1. The molecule has 0 atom stereocenters. The zero-order valence-corrected chi connectivity index (χ0v) is 20.9. The van der Waals surface area contributed by atoms with Crippen molar-refractivity contribution in [3.8, 4) is 22.6 Å². The third kappa shape index (κ3) is 4.37. The van der Waals surface area contributed by atoms with Crippen LogP contribution >= 0.6 is 0 Å². The number of hydrogen-bond acceptors (Lipinski definition) is 6. The Morgan fingerprint density at radius 3 is 2.65 bits per heavy atom. The topological polar surface area (TPSA) is 116 Å². The van der Waals surface area contributed by atoms with Crippen LogP contribution in [0.3, 0.4) is 0 Å². The molecule has 0 bridgehead atoms. The van der Waals surface area contributed by atoms with Crippen molar-refractivity contribution in [1.29, 1.82) is 0 Å². The van der Waals surface area contributed by atoms with Crippen LogP contribution < -0.4 is 4.90 Å². The van der Waals surface area contributed by atoms with Crippen molar-refractivity contribution in [2.75, 3.05) is 11.9 Å². The number of carbonyl (C=O) groups is 1. The molecule has 0 aliphatic carbocycles. The number of pyridine rings is 3. The number of halogens is 1. The van der Waals surface area contributed by atoms with Gasteiger partial charge in [0.15, 0.2) is 17.1 Å². The number of H-pyrrole nitrogens is 2. The maximum Gasteiger partial charge on any atom is 0.227 e. The SMILES string of the molecule is C/C=C\C(F)=C(/C)c1ccnc2nc(-c3[nH]nc4ncc(-c5ccc(N(C)C(=O)CC)nc5)cc34)[nH]c12. The van der Waals surface area contributed by atoms with Gasteiger partial charge in [-0.05, 0) is 49.8 Å². The third-order valence-electron chi connectivity index (χ3n) is 6.22. The van der Waals surface area contributed by atoms with E-state index in [0.717, 1.165) is 16.5 Å². The smallest absolute Gasteiger partial charge is 0.227 e. The first-order chi connectivity index (χ1) is 17.9. The van der Waals surface area contributed by atoms with E-state index in [9.17, 15) is 9.18 Å². The van der Waals surface area contributed by atoms with Gasteiger partial charge in [0, 0.05) is 48.7 Å². The molecule has 5 rings (SSSR count). The van der Waals surface area contributed by atoms with Crippen LogP contribution in [0, 0.1) is 0 Å². The molecule has 0 saturated heterocycles. The zero-order chi connectivity index (χ0) is 26.1. The fraction of sp³-hybridized carbons (Fsp3) is 0.185. The van der Waals surface area contributed by atoms with Crippen LogP contribution in [0.25, 0.3) is 50.4 Å². The highest BCUT2D eigenvalue weighted by Gasteiger charge is 2.17. The van der Waals surface area contributed by atoms with E-state index in [1.807, 2.05) is 19.1 Å². The Morgan fingerprint density at radius 1 is 1.11 bits per heavy atom. The Labute approximate surface area is 212 Å². The molecule has 1 amide bonds. The Bertz CT molecular complexity index is 1680. The summed E-state index contributed by atoms with van der Waals surface area (Å²) in [6.07, 6.45) is 8.54. The second-order valence-electron chi connectivity index (χ2n) is 8.52. The Kier molecular flexibility index (Phi) is 6.31. The highest BCUT2D eigenvalue weighted by Crippen LogP contribution is 2.31. The van der Waals surface area contributed by atoms with Gasteiger partial charge in [-0.2, -0.15) is 5.10 Å². The summed E-state index contributed by atoms with van der Waals surface area (Å²) in [7, 11) is 1.71. The molecule has 9 nitrogen and oxygen atoms in total. The van der Waals surface area contributed by atoms with E-state index < -0.39 is 0 Å². The van der Waals surface area contributed by atoms with Gasteiger partial charge >= 0.3 is 0 Å².